The minimum atomic E-state index is -0.220. The first-order valence-electron chi connectivity index (χ1n) is 5.63. The molecule has 2 aromatic heterocycles. The highest BCUT2D eigenvalue weighted by Gasteiger charge is 2.11. The summed E-state index contributed by atoms with van der Waals surface area (Å²) in [7, 11) is 0. The molecule has 0 aliphatic carbocycles. The molecule has 3 aromatic rings. The van der Waals surface area contributed by atoms with Gasteiger partial charge in [-0.2, -0.15) is 0 Å². The maximum atomic E-state index is 12.1. The monoisotopic (exact) mass is 332 g/mol. The lowest BCUT2D eigenvalue weighted by atomic mass is 10.2. The van der Waals surface area contributed by atoms with Gasteiger partial charge in [0.15, 0.2) is 0 Å². The molecule has 5 heteroatoms. The van der Waals surface area contributed by atoms with E-state index in [0.29, 0.717) is 10.2 Å². The Hall–Kier alpha value is -1.72. The predicted molar refractivity (Wildman–Crippen MR) is 81.7 cm³/mol. The molecule has 3 rings (SSSR count). The Morgan fingerprint density at radius 2 is 2.16 bits per heavy atom. The van der Waals surface area contributed by atoms with Crippen LogP contribution in [0.15, 0.2) is 52.4 Å². The average Bonchev–Trinajstić information content (AvgIpc) is 2.86. The summed E-state index contributed by atoms with van der Waals surface area (Å²) in [5.41, 5.74) is 1.15. The number of carbonyl (C=O) groups is 1. The number of aromatic nitrogens is 1. The number of thiophene rings is 1. The molecule has 0 aliphatic heterocycles. The van der Waals surface area contributed by atoms with Crippen molar-refractivity contribution in [3.63, 3.8) is 0 Å². The number of halogens is 1. The molecule has 0 saturated carbocycles. The van der Waals surface area contributed by atoms with Crippen LogP contribution in [0.1, 0.15) is 10.5 Å². The number of anilines is 1. The van der Waals surface area contributed by atoms with Crippen molar-refractivity contribution < 1.29 is 4.79 Å². The van der Waals surface area contributed by atoms with Crippen molar-refractivity contribution in [2.45, 2.75) is 0 Å². The van der Waals surface area contributed by atoms with E-state index in [1.807, 2.05) is 29.6 Å². The lowest BCUT2D eigenvalue weighted by Crippen LogP contribution is -2.14. The normalized spacial score (nSPS) is 10.6. The van der Waals surface area contributed by atoms with Gasteiger partial charge in [-0.1, -0.05) is 0 Å². The van der Waals surface area contributed by atoms with Gasteiger partial charge in [0.05, 0.1) is 0 Å². The van der Waals surface area contributed by atoms with Gasteiger partial charge in [0.25, 0.3) is 5.91 Å². The highest BCUT2D eigenvalue weighted by Crippen LogP contribution is 2.24. The number of nitrogens with zero attached hydrogens (tertiary/aromatic N) is 1. The Balaban J connectivity index is 1.88. The molecule has 0 fully saturated rings. The Morgan fingerprint density at radius 1 is 1.26 bits per heavy atom. The topological polar surface area (TPSA) is 42.0 Å². The lowest BCUT2D eigenvalue weighted by molar-refractivity contribution is 0.102. The van der Waals surface area contributed by atoms with Gasteiger partial charge in [0, 0.05) is 21.1 Å². The summed E-state index contributed by atoms with van der Waals surface area (Å²) in [4.78, 5) is 16.2. The maximum absolute atomic E-state index is 12.1. The van der Waals surface area contributed by atoms with E-state index in [4.69, 9.17) is 0 Å². The molecule has 0 atom stereocenters. The molecule has 3 nitrogen and oxygen atoms in total. The zero-order chi connectivity index (χ0) is 13.2. The molecule has 94 valence electrons. The summed E-state index contributed by atoms with van der Waals surface area (Å²) in [6.07, 6.45) is 1.60. The van der Waals surface area contributed by atoms with E-state index in [9.17, 15) is 4.79 Å². The summed E-state index contributed by atoms with van der Waals surface area (Å²) >= 11 is 5.00. The standard InChI is InChI=1S/C14H9BrN2OS/c15-11-2-1-6-16-13(11)14(18)17-10-3-4-12-9(8-10)5-7-19-12/h1-8H,(H,17,18). The fourth-order valence-corrected chi connectivity index (χ4v) is 2.99. The molecule has 0 unspecified atom stereocenters. The number of pyridine rings is 1. The number of rotatable bonds is 2. The summed E-state index contributed by atoms with van der Waals surface area (Å²) in [6, 6.07) is 11.5. The van der Waals surface area contributed by atoms with Crippen molar-refractivity contribution in [2.75, 3.05) is 5.32 Å². The molecule has 0 saturated heterocycles. The SMILES string of the molecule is O=C(Nc1ccc2sccc2c1)c1ncccc1Br. The minimum absolute atomic E-state index is 0.220. The van der Waals surface area contributed by atoms with E-state index >= 15 is 0 Å². The van der Waals surface area contributed by atoms with Crippen LogP contribution in [0.25, 0.3) is 10.1 Å². The first kappa shape index (κ1) is 12.3. The molecule has 0 spiro atoms. The van der Waals surface area contributed by atoms with Crippen LogP contribution >= 0.6 is 27.3 Å². The number of benzene rings is 1. The van der Waals surface area contributed by atoms with Crippen LogP contribution in [0.2, 0.25) is 0 Å². The van der Waals surface area contributed by atoms with E-state index in [2.05, 4.69) is 26.2 Å². The van der Waals surface area contributed by atoms with E-state index in [1.54, 1.807) is 29.7 Å². The number of nitrogens with one attached hydrogen (secondary N) is 1. The summed E-state index contributed by atoms with van der Waals surface area (Å²) in [5.74, 6) is -0.220. The zero-order valence-corrected chi connectivity index (χ0v) is 12.2. The molecule has 2 heterocycles. The highest BCUT2D eigenvalue weighted by atomic mass is 79.9. The summed E-state index contributed by atoms with van der Waals surface area (Å²) in [5, 5.41) is 6.02. The summed E-state index contributed by atoms with van der Waals surface area (Å²) in [6.45, 7) is 0. The van der Waals surface area contributed by atoms with Gasteiger partial charge >= 0.3 is 0 Å². The number of fused-ring (bicyclic) bond motifs is 1. The Kier molecular flexibility index (Phi) is 3.31. The van der Waals surface area contributed by atoms with Crippen molar-refractivity contribution in [1.82, 2.24) is 4.98 Å². The fraction of sp³-hybridized carbons (Fsp3) is 0. The molecule has 1 N–H and O–H groups in total. The molecular weight excluding hydrogens is 324 g/mol. The lowest BCUT2D eigenvalue weighted by Gasteiger charge is -2.06. The third kappa shape index (κ3) is 2.52. The number of hydrogen-bond acceptors (Lipinski definition) is 3. The van der Waals surface area contributed by atoms with Gasteiger partial charge in [-0.05, 0) is 63.1 Å². The molecule has 0 bridgehead atoms. The van der Waals surface area contributed by atoms with Gasteiger partial charge < -0.3 is 5.32 Å². The Bertz CT molecular complexity index is 754. The molecule has 1 aromatic carbocycles. The van der Waals surface area contributed by atoms with Crippen LogP contribution in [-0.2, 0) is 0 Å². The van der Waals surface area contributed by atoms with Crippen LogP contribution in [0.5, 0.6) is 0 Å². The molecule has 19 heavy (non-hydrogen) atoms. The smallest absolute Gasteiger partial charge is 0.275 e. The fourth-order valence-electron chi connectivity index (χ4n) is 1.79. The third-order valence-corrected chi connectivity index (χ3v) is 4.22. The molecule has 1 amide bonds. The van der Waals surface area contributed by atoms with Crippen molar-refractivity contribution in [2.24, 2.45) is 0 Å². The summed E-state index contributed by atoms with van der Waals surface area (Å²) < 4.78 is 1.89. The first-order chi connectivity index (χ1) is 9.24. The van der Waals surface area contributed by atoms with Crippen LogP contribution in [-0.4, -0.2) is 10.9 Å². The van der Waals surface area contributed by atoms with Crippen molar-refractivity contribution in [3.8, 4) is 0 Å². The van der Waals surface area contributed by atoms with E-state index < -0.39 is 0 Å². The average molecular weight is 333 g/mol. The second kappa shape index (κ2) is 5.11. The quantitative estimate of drug-likeness (QED) is 0.759. The zero-order valence-electron chi connectivity index (χ0n) is 9.76. The van der Waals surface area contributed by atoms with Crippen LogP contribution in [0.3, 0.4) is 0 Å². The van der Waals surface area contributed by atoms with Gasteiger partial charge in [-0.15, -0.1) is 11.3 Å². The Labute approximate surface area is 122 Å². The first-order valence-corrected chi connectivity index (χ1v) is 7.30. The van der Waals surface area contributed by atoms with Gasteiger partial charge in [0.2, 0.25) is 0 Å². The van der Waals surface area contributed by atoms with Crippen LogP contribution in [0, 0.1) is 0 Å². The number of carbonyl (C=O) groups excluding carboxylic acids is 1. The van der Waals surface area contributed by atoms with Crippen LogP contribution < -0.4 is 5.32 Å². The third-order valence-electron chi connectivity index (χ3n) is 2.68. The highest BCUT2D eigenvalue weighted by molar-refractivity contribution is 9.10. The predicted octanol–water partition coefficient (Wildman–Crippen LogP) is 4.31. The van der Waals surface area contributed by atoms with Gasteiger partial charge in [0.1, 0.15) is 5.69 Å². The van der Waals surface area contributed by atoms with Crippen molar-refractivity contribution in [1.29, 1.82) is 0 Å². The van der Waals surface area contributed by atoms with Crippen molar-refractivity contribution >= 4 is 48.9 Å². The van der Waals surface area contributed by atoms with E-state index in [1.165, 1.54) is 4.70 Å². The van der Waals surface area contributed by atoms with E-state index in [0.717, 1.165) is 11.1 Å². The second-order valence-corrected chi connectivity index (χ2v) is 5.76. The molecule has 0 aliphatic rings. The molecule has 0 radical (unpaired) electrons. The van der Waals surface area contributed by atoms with Gasteiger partial charge in [-0.3, -0.25) is 4.79 Å². The van der Waals surface area contributed by atoms with E-state index in [-0.39, 0.29) is 5.91 Å². The van der Waals surface area contributed by atoms with Crippen molar-refractivity contribution in [3.05, 3.63) is 58.1 Å². The van der Waals surface area contributed by atoms with Gasteiger partial charge in [-0.25, -0.2) is 4.98 Å². The second-order valence-electron chi connectivity index (χ2n) is 3.96. The maximum Gasteiger partial charge on any atom is 0.275 e. The number of hydrogen-bond donors (Lipinski definition) is 1. The largest absolute Gasteiger partial charge is 0.321 e. The minimum Gasteiger partial charge on any atom is -0.321 e. The number of amides is 1. The van der Waals surface area contributed by atoms with Crippen LogP contribution in [0.4, 0.5) is 5.69 Å². The Morgan fingerprint density at radius 3 is 3.00 bits per heavy atom. The molecular formula is C14H9BrN2OS.